The Kier molecular flexibility index (Phi) is 2.59. The van der Waals surface area contributed by atoms with Crippen molar-refractivity contribution in [3.63, 3.8) is 0 Å². The van der Waals surface area contributed by atoms with Gasteiger partial charge in [0, 0.05) is 12.2 Å². The van der Waals surface area contributed by atoms with Crippen molar-refractivity contribution in [1.82, 2.24) is 0 Å². The number of carbonyl (C=O) groups excluding carboxylic acids is 1. The molecule has 0 unspecified atom stereocenters. The molecule has 1 aromatic heterocycles. The molecule has 0 fully saturated rings. The maximum absolute atomic E-state index is 12.3. The Labute approximate surface area is 109 Å². The highest BCUT2D eigenvalue weighted by atomic mass is 16.4. The van der Waals surface area contributed by atoms with E-state index in [1.807, 2.05) is 0 Å². The van der Waals surface area contributed by atoms with Crippen LogP contribution in [0.15, 0.2) is 47.1 Å². The summed E-state index contributed by atoms with van der Waals surface area (Å²) in [4.78, 5) is 25.0. The summed E-state index contributed by atoms with van der Waals surface area (Å²) in [5.41, 5.74) is 1.30. The molecule has 19 heavy (non-hydrogen) atoms. The molecule has 3 rings (SSSR count). The first-order valence-electron chi connectivity index (χ1n) is 5.85. The van der Waals surface area contributed by atoms with Crippen molar-refractivity contribution in [3.05, 3.63) is 54.0 Å². The third kappa shape index (κ3) is 1.79. The van der Waals surface area contributed by atoms with Gasteiger partial charge in [-0.2, -0.15) is 0 Å². The number of amides is 1. The number of furan rings is 1. The molecule has 0 spiro atoms. The zero-order valence-corrected chi connectivity index (χ0v) is 9.95. The lowest BCUT2D eigenvalue weighted by molar-refractivity contribution is -0.138. The Balaban J connectivity index is 2.01. The Morgan fingerprint density at radius 1 is 1.21 bits per heavy atom. The van der Waals surface area contributed by atoms with Gasteiger partial charge < -0.3 is 14.4 Å². The minimum absolute atomic E-state index is 0.133. The van der Waals surface area contributed by atoms with Crippen molar-refractivity contribution in [2.75, 3.05) is 11.4 Å². The molecule has 0 bridgehead atoms. The monoisotopic (exact) mass is 257 g/mol. The molecule has 0 saturated heterocycles. The number of hydrogen-bond donors (Lipinski definition) is 1. The summed E-state index contributed by atoms with van der Waals surface area (Å²) in [6.07, 6.45) is 1.42. The maximum atomic E-state index is 12.3. The van der Waals surface area contributed by atoms with Gasteiger partial charge in [-0.1, -0.05) is 18.2 Å². The number of nitrogens with zero attached hydrogens (tertiary/aromatic N) is 1. The van der Waals surface area contributed by atoms with Gasteiger partial charge in [-0.25, -0.2) is 0 Å². The molecule has 1 aliphatic heterocycles. The van der Waals surface area contributed by atoms with Crippen LogP contribution < -0.4 is 4.90 Å². The highest BCUT2D eigenvalue weighted by Gasteiger charge is 2.37. The molecule has 1 atom stereocenters. The van der Waals surface area contributed by atoms with E-state index in [1.54, 1.807) is 36.4 Å². The minimum Gasteiger partial charge on any atom is -0.481 e. The van der Waals surface area contributed by atoms with Gasteiger partial charge in [-0.15, -0.1) is 0 Å². The van der Waals surface area contributed by atoms with E-state index in [-0.39, 0.29) is 18.2 Å². The van der Waals surface area contributed by atoms with Crippen LogP contribution in [0.3, 0.4) is 0 Å². The summed E-state index contributed by atoms with van der Waals surface area (Å²) < 4.78 is 5.08. The van der Waals surface area contributed by atoms with Crippen LogP contribution in [-0.2, 0) is 4.79 Å². The third-order valence-corrected chi connectivity index (χ3v) is 3.24. The molecular formula is C14H11NO4. The largest absolute Gasteiger partial charge is 0.481 e. The Bertz CT molecular complexity index is 633. The lowest BCUT2D eigenvalue weighted by Crippen LogP contribution is -2.30. The summed E-state index contributed by atoms with van der Waals surface area (Å²) in [5.74, 6) is -1.72. The van der Waals surface area contributed by atoms with Gasteiger partial charge in [-0.05, 0) is 23.8 Å². The van der Waals surface area contributed by atoms with E-state index in [0.717, 1.165) is 0 Å². The summed E-state index contributed by atoms with van der Waals surface area (Å²) in [6.45, 7) is 0.133. The molecule has 1 aliphatic rings. The second-order valence-corrected chi connectivity index (χ2v) is 4.34. The van der Waals surface area contributed by atoms with Crippen LogP contribution >= 0.6 is 0 Å². The zero-order valence-electron chi connectivity index (χ0n) is 9.95. The molecule has 1 aromatic carbocycles. The molecular weight excluding hydrogens is 246 g/mol. The molecule has 5 heteroatoms. The average Bonchev–Trinajstić information content (AvgIpc) is 3.05. The summed E-state index contributed by atoms with van der Waals surface area (Å²) in [7, 11) is 0. The van der Waals surface area contributed by atoms with E-state index in [2.05, 4.69) is 0 Å². The molecule has 1 amide bonds. The number of rotatable bonds is 2. The second-order valence-electron chi connectivity index (χ2n) is 4.34. The molecule has 0 aliphatic carbocycles. The first-order chi connectivity index (χ1) is 9.18. The number of carboxylic acid groups (broad SMARTS) is 1. The molecule has 2 aromatic rings. The van der Waals surface area contributed by atoms with E-state index in [0.29, 0.717) is 11.3 Å². The quantitative estimate of drug-likeness (QED) is 0.894. The number of anilines is 1. The molecule has 2 heterocycles. The van der Waals surface area contributed by atoms with Gasteiger partial charge in [0.05, 0.1) is 6.26 Å². The summed E-state index contributed by atoms with van der Waals surface area (Å²) in [6, 6.07) is 10.2. The van der Waals surface area contributed by atoms with Crippen LogP contribution in [0.2, 0.25) is 0 Å². The van der Waals surface area contributed by atoms with Crippen molar-refractivity contribution < 1.29 is 19.1 Å². The predicted molar refractivity (Wildman–Crippen MR) is 67.2 cm³/mol. The number of fused-ring (bicyclic) bond motifs is 1. The van der Waals surface area contributed by atoms with Gasteiger partial charge in [-0.3, -0.25) is 9.59 Å². The average molecular weight is 257 g/mol. The van der Waals surface area contributed by atoms with E-state index in [9.17, 15) is 14.7 Å². The Morgan fingerprint density at radius 2 is 2.00 bits per heavy atom. The molecule has 1 N–H and O–H groups in total. The Hall–Kier alpha value is -2.56. The molecule has 96 valence electrons. The number of carbonyl (C=O) groups is 2. The third-order valence-electron chi connectivity index (χ3n) is 3.24. The Morgan fingerprint density at radius 3 is 2.68 bits per heavy atom. The van der Waals surface area contributed by atoms with Gasteiger partial charge in [0.2, 0.25) is 0 Å². The van der Waals surface area contributed by atoms with Crippen LogP contribution in [0.25, 0.3) is 0 Å². The van der Waals surface area contributed by atoms with Crippen molar-refractivity contribution in [2.24, 2.45) is 0 Å². The minimum atomic E-state index is -0.929. The first-order valence-corrected chi connectivity index (χ1v) is 5.85. The van der Waals surface area contributed by atoms with Crippen LogP contribution in [0.4, 0.5) is 5.69 Å². The van der Waals surface area contributed by atoms with E-state index >= 15 is 0 Å². The maximum Gasteiger partial charge on any atom is 0.312 e. The zero-order chi connectivity index (χ0) is 13.4. The van der Waals surface area contributed by atoms with Gasteiger partial charge in [0.15, 0.2) is 5.76 Å². The number of aliphatic carboxylic acids is 1. The van der Waals surface area contributed by atoms with E-state index in [4.69, 9.17) is 4.42 Å². The smallest absolute Gasteiger partial charge is 0.312 e. The van der Waals surface area contributed by atoms with Gasteiger partial charge in [0.25, 0.3) is 5.91 Å². The van der Waals surface area contributed by atoms with Crippen molar-refractivity contribution in [3.8, 4) is 0 Å². The fourth-order valence-corrected chi connectivity index (χ4v) is 2.34. The van der Waals surface area contributed by atoms with Crippen molar-refractivity contribution in [2.45, 2.75) is 5.92 Å². The molecule has 5 nitrogen and oxygen atoms in total. The van der Waals surface area contributed by atoms with Crippen LogP contribution in [0, 0.1) is 0 Å². The van der Waals surface area contributed by atoms with E-state index in [1.165, 1.54) is 11.2 Å². The van der Waals surface area contributed by atoms with Gasteiger partial charge in [0.1, 0.15) is 5.92 Å². The van der Waals surface area contributed by atoms with Crippen LogP contribution in [-0.4, -0.2) is 23.5 Å². The lowest BCUT2D eigenvalue weighted by Gasteiger charge is -2.15. The first kappa shape index (κ1) is 11.5. The topological polar surface area (TPSA) is 70.8 Å². The number of carboxylic acids is 1. The fraction of sp³-hybridized carbons (Fsp3) is 0.143. The fourth-order valence-electron chi connectivity index (χ4n) is 2.34. The van der Waals surface area contributed by atoms with Gasteiger partial charge >= 0.3 is 5.97 Å². The van der Waals surface area contributed by atoms with Crippen molar-refractivity contribution in [1.29, 1.82) is 0 Å². The molecule has 0 radical (unpaired) electrons. The van der Waals surface area contributed by atoms with Crippen LogP contribution in [0.5, 0.6) is 0 Å². The van der Waals surface area contributed by atoms with Crippen molar-refractivity contribution >= 4 is 17.6 Å². The highest BCUT2D eigenvalue weighted by Crippen LogP contribution is 2.37. The number of benzene rings is 1. The normalized spacial score (nSPS) is 17.3. The number of para-hydroxylation sites is 1. The SMILES string of the molecule is O=C(O)[C@@H]1CN(C(=O)c2ccco2)c2ccccc21. The lowest BCUT2D eigenvalue weighted by atomic mass is 10.0. The highest BCUT2D eigenvalue weighted by molar-refractivity contribution is 6.07. The van der Waals surface area contributed by atoms with Crippen LogP contribution in [0.1, 0.15) is 22.0 Å². The molecule has 0 saturated carbocycles. The summed E-state index contributed by atoms with van der Waals surface area (Å²) >= 11 is 0. The predicted octanol–water partition coefficient (Wildman–Crippen LogP) is 2.11. The standard InChI is InChI=1S/C14H11NO4/c16-13(12-6-3-7-19-12)15-8-10(14(17)18)9-4-1-2-5-11(9)15/h1-7,10H,8H2,(H,17,18)/t10-/m1/s1. The van der Waals surface area contributed by atoms with E-state index < -0.39 is 11.9 Å². The number of hydrogen-bond acceptors (Lipinski definition) is 3. The second kappa shape index (κ2) is 4.28. The summed E-state index contributed by atoms with van der Waals surface area (Å²) in [5, 5.41) is 9.23.